The van der Waals surface area contributed by atoms with E-state index in [1.807, 2.05) is 4.90 Å². The summed E-state index contributed by atoms with van der Waals surface area (Å²) in [5, 5.41) is 14.1. The first kappa shape index (κ1) is 13.1. The highest BCUT2D eigenvalue weighted by Gasteiger charge is 2.38. The molecule has 2 aliphatic heterocycles. The molecule has 0 saturated carbocycles. The molecule has 0 aliphatic carbocycles. The van der Waals surface area contributed by atoms with Crippen LogP contribution in [0.5, 0.6) is 0 Å². The smallest absolute Gasteiger partial charge is 0.272 e. The van der Waals surface area contributed by atoms with Crippen molar-refractivity contribution in [3.05, 3.63) is 39.4 Å². The van der Waals surface area contributed by atoms with Crippen molar-refractivity contribution < 1.29 is 9.72 Å². The van der Waals surface area contributed by atoms with Crippen LogP contribution in [0, 0.1) is 28.9 Å². The molecule has 2 saturated heterocycles. The van der Waals surface area contributed by atoms with Gasteiger partial charge in [0.2, 0.25) is 0 Å². The summed E-state index contributed by atoms with van der Waals surface area (Å²) in [5.74, 6) is 1.09. The molecule has 2 heterocycles. The van der Waals surface area contributed by atoms with Gasteiger partial charge in [-0.15, -0.1) is 0 Å². The molecule has 3 rings (SSSR count). The van der Waals surface area contributed by atoms with Gasteiger partial charge in [0.1, 0.15) is 0 Å². The van der Waals surface area contributed by atoms with Crippen LogP contribution >= 0.6 is 0 Å². The Morgan fingerprint density at radius 3 is 2.55 bits per heavy atom. The number of aryl methyl sites for hydroxylation is 1. The Kier molecular flexibility index (Phi) is 3.17. The van der Waals surface area contributed by atoms with E-state index in [2.05, 4.69) is 5.32 Å². The lowest BCUT2D eigenvalue weighted by Gasteiger charge is -2.17. The minimum atomic E-state index is -0.421. The van der Waals surface area contributed by atoms with E-state index in [9.17, 15) is 14.9 Å². The van der Waals surface area contributed by atoms with E-state index in [4.69, 9.17) is 0 Å². The number of benzene rings is 1. The third kappa shape index (κ3) is 2.16. The summed E-state index contributed by atoms with van der Waals surface area (Å²) >= 11 is 0. The topological polar surface area (TPSA) is 75.5 Å². The lowest BCUT2D eigenvalue weighted by atomic mass is 10.0. The predicted molar refractivity (Wildman–Crippen MR) is 73.6 cm³/mol. The van der Waals surface area contributed by atoms with E-state index in [1.54, 1.807) is 19.1 Å². The molecule has 0 bridgehead atoms. The largest absolute Gasteiger partial charge is 0.338 e. The molecule has 6 nitrogen and oxygen atoms in total. The first-order valence-electron chi connectivity index (χ1n) is 6.81. The number of likely N-dealkylation sites (tertiary alicyclic amines) is 1. The quantitative estimate of drug-likeness (QED) is 0.650. The minimum absolute atomic E-state index is 0.0163. The lowest BCUT2D eigenvalue weighted by Crippen LogP contribution is -2.31. The van der Waals surface area contributed by atoms with Crippen molar-refractivity contribution in [1.29, 1.82) is 0 Å². The number of fused-ring (bicyclic) bond motifs is 1. The molecule has 1 aromatic rings. The third-order valence-corrected chi connectivity index (χ3v) is 4.32. The van der Waals surface area contributed by atoms with Crippen LogP contribution in [0.4, 0.5) is 5.69 Å². The summed E-state index contributed by atoms with van der Waals surface area (Å²) < 4.78 is 0. The number of amides is 1. The molecule has 2 fully saturated rings. The molecule has 1 aromatic carbocycles. The van der Waals surface area contributed by atoms with Crippen LogP contribution in [-0.4, -0.2) is 41.9 Å². The van der Waals surface area contributed by atoms with Gasteiger partial charge in [-0.05, 0) is 30.9 Å². The molecule has 0 radical (unpaired) electrons. The van der Waals surface area contributed by atoms with Crippen molar-refractivity contribution in [2.75, 3.05) is 26.2 Å². The molecule has 2 atom stereocenters. The fourth-order valence-electron chi connectivity index (χ4n) is 3.20. The fraction of sp³-hybridized carbons (Fsp3) is 0.500. The van der Waals surface area contributed by atoms with Gasteiger partial charge in [0.25, 0.3) is 11.6 Å². The Morgan fingerprint density at radius 2 is 2.00 bits per heavy atom. The Balaban J connectivity index is 1.78. The third-order valence-electron chi connectivity index (χ3n) is 4.32. The van der Waals surface area contributed by atoms with Crippen LogP contribution in [0.25, 0.3) is 0 Å². The predicted octanol–water partition coefficient (Wildman–Crippen LogP) is 1.19. The van der Waals surface area contributed by atoms with Crippen molar-refractivity contribution in [2.45, 2.75) is 6.92 Å². The molecule has 2 aliphatic rings. The Hall–Kier alpha value is -1.95. The summed E-state index contributed by atoms with van der Waals surface area (Å²) in [5.41, 5.74) is 1.13. The van der Waals surface area contributed by atoms with Gasteiger partial charge in [-0.1, -0.05) is 0 Å². The van der Waals surface area contributed by atoms with E-state index in [0.29, 0.717) is 23.0 Å². The summed E-state index contributed by atoms with van der Waals surface area (Å²) in [6.45, 7) is 5.19. The van der Waals surface area contributed by atoms with E-state index >= 15 is 0 Å². The van der Waals surface area contributed by atoms with Gasteiger partial charge in [-0.3, -0.25) is 14.9 Å². The number of carbonyl (C=O) groups is 1. The highest BCUT2D eigenvalue weighted by atomic mass is 16.6. The normalized spacial score (nSPS) is 24.8. The second-order valence-corrected chi connectivity index (χ2v) is 5.65. The zero-order valence-corrected chi connectivity index (χ0v) is 11.3. The van der Waals surface area contributed by atoms with Crippen LogP contribution in [0.15, 0.2) is 18.2 Å². The van der Waals surface area contributed by atoms with Gasteiger partial charge in [0.05, 0.1) is 4.92 Å². The van der Waals surface area contributed by atoms with Gasteiger partial charge in [0, 0.05) is 43.4 Å². The molecule has 20 heavy (non-hydrogen) atoms. The van der Waals surface area contributed by atoms with E-state index in [0.717, 1.165) is 26.2 Å². The van der Waals surface area contributed by atoms with Crippen LogP contribution < -0.4 is 5.32 Å². The second-order valence-electron chi connectivity index (χ2n) is 5.65. The molecule has 0 spiro atoms. The van der Waals surface area contributed by atoms with Gasteiger partial charge in [0.15, 0.2) is 0 Å². The molecule has 1 N–H and O–H groups in total. The summed E-state index contributed by atoms with van der Waals surface area (Å²) in [6, 6.07) is 4.59. The molecule has 0 unspecified atom stereocenters. The maximum absolute atomic E-state index is 12.4. The molecular weight excluding hydrogens is 258 g/mol. The average Bonchev–Trinajstić information content (AvgIpc) is 2.97. The molecule has 106 valence electrons. The van der Waals surface area contributed by atoms with Crippen molar-refractivity contribution in [2.24, 2.45) is 11.8 Å². The van der Waals surface area contributed by atoms with Crippen molar-refractivity contribution >= 4 is 11.6 Å². The zero-order chi connectivity index (χ0) is 14.3. The summed E-state index contributed by atoms with van der Waals surface area (Å²) in [6.07, 6.45) is 0. The van der Waals surface area contributed by atoms with Crippen molar-refractivity contribution in [1.82, 2.24) is 10.2 Å². The summed E-state index contributed by atoms with van der Waals surface area (Å²) in [7, 11) is 0. The number of nitro groups is 1. The maximum atomic E-state index is 12.4. The summed E-state index contributed by atoms with van der Waals surface area (Å²) in [4.78, 5) is 24.7. The van der Waals surface area contributed by atoms with Gasteiger partial charge in [-0.2, -0.15) is 0 Å². The number of hydrogen-bond donors (Lipinski definition) is 1. The first-order chi connectivity index (χ1) is 9.56. The minimum Gasteiger partial charge on any atom is -0.338 e. The fourth-order valence-corrected chi connectivity index (χ4v) is 3.20. The van der Waals surface area contributed by atoms with Crippen LogP contribution in [0.2, 0.25) is 0 Å². The molecule has 6 heteroatoms. The van der Waals surface area contributed by atoms with Gasteiger partial charge < -0.3 is 10.2 Å². The number of rotatable bonds is 2. The number of hydrogen-bond acceptors (Lipinski definition) is 4. The molecule has 1 amide bonds. The van der Waals surface area contributed by atoms with E-state index in [1.165, 1.54) is 6.07 Å². The Bertz CT molecular complexity index is 561. The Morgan fingerprint density at radius 1 is 1.35 bits per heavy atom. The zero-order valence-electron chi connectivity index (χ0n) is 11.3. The number of carbonyl (C=O) groups excluding carboxylic acids is 1. The van der Waals surface area contributed by atoms with Crippen LogP contribution in [-0.2, 0) is 0 Å². The highest BCUT2D eigenvalue weighted by Crippen LogP contribution is 2.28. The SMILES string of the molecule is Cc1cc(C(=O)N2C[C@H]3CNC[C@H]3C2)ccc1[N+](=O)[O-]. The average molecular weight is 275 g/mol. The number of nitro benzene ring substituents is 1. The number of nitrogens with zero attached hydrogens (tertiary/aromatic N) is 2. The van der Waals surface area contributed by atoms with Crippen LogP contribution in [0.1, 0.15) is 15.9 Å². The Labute approximate surface area is 116 Å². The molecule has 0 aromatic heterocycles. The van der Waals surface area contributed by atoms with Gasteiger partial charge >= 0.3 is 0 Å². The van der Waals surface area contributed by atoms with E-state index in [-0.39, 0.29) is 11.6 Å². The lowest BCUT2D eigenvalue weighted by molar-refractivity contribution is -0.385. The number of nitrogens with one attached hydrogen (secondary N) is 1. The van der Waals surface area contributed by atoms with E-state index < -0.39 is 4.92 Å². The van der Waals surface area contributed by atoms with Crippen molar-refractivity contribution in [3.63, 3.8) is 0 Å². The first-order valence-corrected chi connectivity index (χ1v) is 6.81. The monoisotopic (exact) mass is 275 g/mol. The highest BCUT2D eigenvalue weighted by molar-refractivity contribution is 5.95. The standard InChI is InChI=1S/C14H17N3O3/c1-9-4-10(2-3-13(9)17(19)20)14(18)16-7-11-5-15-6-12(11)8-16/h2-4,11-12,15H,5-8H2,1H3/t11-,12+. The van der Waals surface area contributed by atoms with Gasteiger partial charge in [-0.25, -0.2) is 0 Å². The second kappa shape index (κ2) is 4.86. The van der Waals surface area contributed by atoms with Crippen LogP contribution in [0.3, 0.4) is 0 Å². The van der Waals surface area contributed by atoms with Crippen molar-refractivity contribution in [3.8, 4) is 0 Å². The maximum Gasteiger partial charge on any atom is 0.272 e. The molecular formula is C14H17N3O3.